The number of nitrogens with one attached hydrogen (secondary N) is 2. The van der Waals surface area contributed by atoms with Crippen LogP contribution in [0.3, 0.4) is 0 Å². The third kappa shape index (κ3) is 9.47. The zero-order valence-corrected chi connectivity index (χ0v) is 10.4. The highest BCUT2D eigenvalue weighted by Crippen LogP contribution is 2.00. The van der Waals surface area contributed by atoms with Crippen molar-refractivity contribution in [2.45, 2.75) is 46.1 Å². The molecule has 0 aromatic rings. The van der Waals surface area contributed by atoms with Gasteiger partial charge in [-0.15, -0.1) is 0 Å². The highest BCUT2D eigenvalue weighted by molar-refractivity contribution is 5.75. The average Bonchev–Trinajstić information content (AvgIpc) is 2.17. The van der Waals surface area contributed by atoms with E-state index >= 15 is 0 Å². The number of hydrogen-bond donors (Lipinski definition) is 2. The van der Waals surface area contributed by atoms with Gasteiger partial charge in [-0.05, 0) is 33.6 Å². The van der Waals surface area contributed by atoms with Crippen LogP contribution in [0.15, 0.2) is 11.6 Å². The van der Waals surface area contributed by atoms with Crippen molar-refractivity contribution in [2.24, 2.45) is 0 Å². The molecule has 0 radical (unpaired) electrons. The van der Waals surface area contributed by atoms with Gasteiger partial charge < -0.3 is 10.6 Å². The second kappa shape index (κ2) is 8.48. The number of amides is 1. The summed E-state index contributed by atoms with van der Waals surface area (Å²) in [4.78, 5) is 10.9. The number of rotatable bonds is 7. The minimum atomic E-state index is 0.0963. The van der Waals surface area contributed by atoms with Crippen molar-refractivity contribution >= 4 is 5.91 Å². The Morgan fingerprint density at radius 1 is 1.40 bits per heavy atom. The number of carbonyl (C=O) groups is 1. The first-order valence-electron chi connectivity index (χ1n) is 5.63. The summed E-state index contributed by atoms with van der Waals surface area (Å²) in [5.74, 6) is 0.0963. The van der Waals surface area contributed by atoms with Gasteiger partial charge in [-0.1, -0.05) is 11.6 Å². The Kier molecular flexibility index (Phi) is 8.01. The third-order valence-corrected chi connectivity index (χ3v) is 2.28. The van der Waals surface area contributed by atoms with E-state index < -0.39 is 0 Å². The van der Waals surface area contributed by atoms with E-state index in [1.54, 1.807) is 7.05 Å². The Hall–Kier alpha value is -0.830. The summed E-state index contributed by atoms with van der Waals surface area (Å²) in [5.41, 5.74) is 1.37. The van der Waals surface area contributed by atoms with Gasteiger partial charge >= 0.3 is 0 Å². The lowest BCUT2D eigenvalue weighted by Crippen LogP contribution is -2.30. The fraction of sp³-hybridized carbons (Fsp3) is 0.750. The van der Waals surface area contributed by atoms with Crippen LogP contribution in [-0.4, -0.2) is 25.5 Å². The molecule has 1 amide bonds. The molecule has 0 aliphatic rings. The molecular formula is C12H24N2O. The van der Waals surface area contributed by atoms with Crippen LogP contribution in [0.1, 0.15) is 40.0 Å². The van der Waals surface area contributed by atoms with E-state index in [0.717, 1.165) is 19.4 Å². The van der Waals surface area contributed by atoms with Crippen LogP contribution < -0.4 is 10.6 Å². The van der Waals surface area contributed by atoms with Crippen LogP contribution in [0.4, 0.5) is 0 Å². The normalized spacial score (nSPS) is 12.0. The standard InChI is InChI=1S/C12H24N2O/c1-10(2)6-5-7-11(3)14-9-8-12(15)13-4/h6,11,14H,5,7-9H2,1-4H3,(H,13,15). The molecule has 3 heteroatoms. The Bertz CT molecular complexity index is 208. The average molecular weight is 212 g/mol. The van der Waals surface area contributed by atoms with Crippen LogP contribution in [0.2, 0.25) is 0 Å². The molecule has 0 aromatic heterocycles. The molecule has 0 rings (SSSR count). The lowest BCUT2D eigenvalue weighted by molar-refractivity contribution is -0.120. The van der Waals surface area contributed by atoms with Crippen LogP contribution in [0, 0.1) is 0 Å². The summed E-state index contributed by atoms with van der Waals surface area (Å²) in [6.45, 7) is 7.14. The quantitative estimate of drug-likeness (QED) is 0.632. The summed E-state index contributed by atoms with van der Waals surface area (Å²) in [6, 6.07) is 0.477. The summed E-state index contributed by atoms with van der Waals surface area (Å²) >= 11 is 0. The highest BCUT2D eigenvalue weighted by Gasteiger charge is 2.01. The van der Waals surface area contributed by atoms with Crippen LogP contribution in [0.5, 0.6) is 0 Å². The molecule has 3 nitrogen and oxygen atoms in total. The topological polar surface area (TPSA) is 41.1 Å². The Morgan fingerprint density at radius 3 is 2.60 bits per heavy atom. The summed E-state index contributed by atoms with van der Waals surface area (Å²) in [7, 11) is 1.67. The van der Waals surface area contributed by atoms with Crippen LogP contribution in [-0.2, 0) is 4.79 Å². The molecule has 0 aliphatic heterocycles. The molecule has 0 aliphatic carbocycles. The molecule has 0 bridgehead atoms. The fourth-order valence-corrected chi connectivity index (χ4v) is 1.28. The molecule has 0 spiro atoms. The van der Waals surface area contributed by atoms with Gasteiger partial charge in [-0.25, -0.2) is 0 Å². The van der Waals surface area contributed by atoms with Crippen molar-refractivity contribution in [1.29, 1.82) is 0 Å². The van der Waals surface area contributed by atoms with Crippen molar-refractivity contribution in [3.8, 4) is 0 Å². The first-order chi connectivity index (χ1) is 7.06. The Labute approximate surface area is 93.3 Å². The number of hydrogen-bond acceptors (Lipinski definition) is 2. The van der Waals surface area contributed by atoms with Gasteiger partial charge in [0, 0.05) is 26.1 Å². The van der Waals surface area contributed by atoms with Crippen molar-refractivity contribution in [2.75, 3.05) is 13.6 Å². The SMILES string of the molecule is CNC(=O)CCNC(C)CCC=C(C)C. The van der Waals surface area contributed by atoms with Crippen LogP contribution in [0.25, 0.3) is 0 Å². The molecule has 15 heavy (non-hydrogen) atoms. The Balaban J connectivity index is 3.45. The number of allylic oxidation sites excluding steroid dienone is 2. The molecule has 0 saturated heterocycles. The largest absolute Gasteiger partial charge is 0.359 e. The van der Waals surface area contributed by atoms with Crippen LogP contribution >= 0.6 is 0 Å². The second-order valence-electron chi connectivity index (χ2n) is 4.14. The van der Waals surface area contributed by atoms with Gasteiger partial charge in [0.25, 0.3) is 0 Å². The predicted octanol–water partition coefficient (Wildman–Crippen LogP) is 1.85. The number of carbonyl (C=O) groups excluding carboxylic acids is 1. The van der Waals surface area contributed by atoms with E-state index in [0.29, 0.717) is 12.5 Å². The van der Waals surface area contributed by atoms with Gasteiger partial charge in [0.2, 0.25) is 5.91 Å². The highest BCUT2D eigenvalue weighted by atomic mass is 16.1. The maximum absolute atomic E-state index is 10.9. The minimum absolute atomic E-state index is 0.0963. The molecular weight excluding hydrogens is 188 g/mol. The maximum atomic E-state index is 10.9. The fourth-order valence-electron chi connectivity index (χ4n) is 1.28. The van der Waals surface area contributed by atoms with E-state index in [9.17, 15) is 4.79 Å². The smallest absolute Gasteiger partial charge is 0.221 e. The zero-order valence-electron chi connectivity index (χ0n) is 10.4. The summed E-state index contributed by atoms with van der Waals surface area (Å²) < 4.78 is 0. The van der Waals surface area contributed by atoms with E-state index in [1.807, 2.05) is 0 Å². The first-order valence-corrected chi connectivity index (χ1v) is 5.63. The zero-order chi connectivity index (χ0) is 11.7. The summed E-state index contributed by atoms with van der Waals surface area (Å²) in [5, 5.41) is 5.94. The van der Waals surface area contributed by atoms with Gasteiger partial charge in [0.15, 0.2) is 0 Å². The van der Waals surface area contributed by atoms with Crippen molar-refractivity contribution in [1.82, 2.24) is 10.6 Å². The second-order valence-corrected chi connectivity index (χ2v) is 4.14. The van der Waals surface area contributed by atoms with Gasteiger partial charge in [0.05, 0.1) is 0 Å². The molecule has 0 heterocycles. The molecule has 2 N–H and O–H groups in total. The van der Waals surface area contributed by atoms with Crippen molar-refractivity contribution in [3.63, 3.8) is 0 Å². The summed E-state index contributed by atoms with van der Waals surface area (Å²) in [6.07, 6.45) is 5.04. The van der Waals surface area contributed by atoms with Crippen molar-refractivity contribution < 1.29 is 4.79 Å². The maximum Gasteiger partial charge on any atom is 0.221 e. The minimum Gasteiger partial charge on any atom is -0.359 e. The van der Waals surface area contributed by atoms with E-state index in [4.69, 9.17) is 0 Å². The Morgan fingerprint density at radius 2 is 2.07 bits per heavy atom. The molecule has 1 unspecified atom stereocenters. The molecule has 0 aromatic carbocycles. The van der Waals surface area contributed by atoms with E-state index in [-0.39, 0.29) is 5.91 Å². The lowest BCUT2D eigenvalue weighted by atomic mass is 10.1. The predicted molar refractivity (Wildman–Crippen MR) is 64.8 cm³/mol. The molecule has 1 atom stereocenters. The first kappa shape index (κ1) is 14.2. The van der Waals surface area contributed by atoms with E-state index in [1.165, 1.54) is 5.57 Å². The van der Waals surface area contributed by atoms with E-state index in [2.05, 4.69) is 37.5 Å². The van der Waals surface area contributed by atoms with Gasteiger partial charge in [-0.2, -0.15) is 0 Å². The van der Waals surface area contributed by atoms with Gasteiger partial charge in [0.1, 0.15) is 0 Å². The lowest BCUT2D eigenvalue weighted by Gasteiger charge is -2.12. The molecule has 88 valence electrons. The molecule has 0 fully saturated rings. The monoisotopic (exact) mass is 212 g/mol. The van der Waals surface area contributed by atoms with Gasteiger partial charge in [-0.3, -0.25) is 4.79 Å². The molecule has 0 saturated carbocycles. The van der Waals surface area contributed by atoms with Crippen molar-refractivity contribution in [3.05, 3.63) is 11.6 Å². The third-order valence-electron chi connectivity index (χ3n) is 2.28.